The van der Waals surface area contributed by atoms with Crippen molar-refractivity contribution < 1.29 is 8.42 Å². The van der Waals surface area contributed by atoms with E-state index in [0.29, 0.717) is 12.3 Å². The average molecular weight is 283 g/mol. The van der Waals surface area contributed by atoms with Crippen molar-refractivity contribution >= 4 is 9.84 Å². The lowest BCUT2D eigenvalue weighted by molar-refractivity contribution is 0.419. The topological polar surface area (TPSA) is 46.2 Å². The SMILES string of the molecule is CCNC(CCS(C)(=O)=O)C(CC)c1ccccc1. The van der Waals surface area contributed by atoms with Crippen LogP contribution in [0.15, 0.2) is 30.3 Å². The summed E-state index contributed by atoms with van der Waals surface area (Å²) in [7, 11) is -2.90. The molecule has 0 bridgehead atoms. The fraction of sp³-hybridized carbons (Fsp3) is 0.600. The van der Waals surface area contributed by atoms with E-state index in [9.17, 15) is 8.42 Å². The van der Waals surface area contributed by atoms with Gasteiger partial charge < -0.3 is 5.32 Å². The maximum atomic E-state index is 11.4. The molecule has 3 nitrogen and oxygen atoms in total. The van der Waals surface area contributed by atoms with Crippen molar-refractivity contribution in [1.29, 1.82) is 0 Å². The Balaban J connectivity index is 2.83. The lowest BCUT2D eigenvalue weighted by Gasteiger charge is -2.27. The van der Waals surface area contributed by atoms with Crippen molar-refractivity contribution in [3.8, 4) is 0 Å². The van der Waals surface area contributed by atoms with Crippen molar-refractivity contribution in [2.45, 2.75) is 38.6 Å². The fourth-order valence-corrected chi connectivity index (χ4v) is 3.18. The van der Waals surface area contributed by atoms with E-state index in [-0.39, 0.29) is 11.8 Å². The van der Waals surface area contributed by atoms with Gasteiger partial charge in [0.05, 0.1) is 5.75 Å². The first kappa shape index (κ1) is 16.2. The summed E-state index contributed by atoms with van der Waals surface area (Å²) in [5.74, 6) is 0.608. The van der Waals surface area contributed by atoms with Crippen LogP contribution in [0.25, 0.3) is 0 Å². The maximum absolute atomic E-state index is 11.4. The van der Waals surface area contributed by atoms with E-state index >= 15 is 0 Å². The molecule has 2 unspecified atom stereocenters. The number of hydrogen-bond acceptors (Lipinski definition) is 3. The van der Waals surface area contributed by atoms with Gasteiger partial charge in [-0.25, -0.2) is 8.42 Å². The zero-order valence-electron chi connectivity index (χ0n) is 12.1. The molecule has 2 atom stereocenters. The summed E-state index contributed by atoms with van der Waals surface area (Å²) in [6.45, 7) is 5.07. The molecule has 1 N–H and O–H groups in total. The molecule has 0 saturated carbocycles. The first-order valence-corrected chi connectivity index (χ1v) is 9.00. The number of benzene rings is 1. The van der Waals surface area contributed by atoms with Crippen LogP contribution >= 0.6 is 0 Å². The number of sulfone groups is 1. The van der Waals surface area contributed by atoms with E-state index in [0.717, 1.165) is 13.0 Å². The van der Waals surface area contributed by atoms with E-state index in [1.807, 2.05) is 18.2 Å². The molecule has 1 rings (SSSR count). The monoisotopic (exact) mass is 283 g/mol. The van der Waals surface area contributed by atoms with Crippen molar-refractivity contribution in [3.63, 3.8) is 0 Å². The van der Waals surface area contributed by atoms with Crippen LogP contribution in [0.5, 0.6) is 0 Å². The highest BCUT2D eigenvalue weighted by molar-refractivity contribution is 7.90. The molecule has 0 aliphatic heterocycles. The number of likely N-dealkylation sites (N-methyl/N-ethyl adjacent to an activating group) is 1. The van der Waals surface area contributed by atoms with Gasteiger partial charge in [0.25, 0.3) is 0 Å². The van der Waals surface area contributed by atoms with E-state index in [2.05, 4.69) is 31.3 Å². The average Bonchev–Trinajstić information content (AvgIpc) is 2.37. The van der Waals surface area contributed by atoms with Gasteiger partial charge in [-0.05, 0) is 30.9 Å². The second-order valence-corrected chi connectivity index (χ2v) is 7.27. The van der Waals surface area contributed by atoms with Crippen LogP contribution in [0.4, 0.5) is 0 Å². The Morgan fingerprint density at radius 3 is 2.26 bits per heavy atom. The lowest BCUT2D eigenvalue weighted by atomic mass is 9.87. The number of rotatable bonds is 8. The molecule has 0 spiro atoms. The highest BCUT2D eigenvalue weighted by Gasteiger charge is 2.21. The summed E-state index contributed by atoms with van der Waals surface area (Å²) in [4.78, 5) is 0. The summed E-state index contributed by atoms with van der Waals surface area (Å²) >= 11 is 0. The number of hydrogen-bond donors (Lipinski definition) is 1. The minimum absolute atomic E-state index is 0.215. The Morgan fingerprint density at radius 2 is 1.79 bits per heavy atom. The highest BCUT2D eigenvalue weighted by Crippen LogP contribution is 2.25. The van der Waals surface area contributed by atoms with Crippen molar-refractivity contribution in [3.05, 3.63) is 35.9 Å². The Bertz CT molecular complexity index is 456. The van der Waals surface area contributed by atoms with Gasteiger partial charge in [-0.3, -0.25) is 0 Å². The molecule has 0 saturated heterocycles. The van der Waals surface area contributed by atoms with Gasteiger partial charge in [0.15, 0.2) is 0 Å². The molecule has 4 heteroatoms. The lowest BCUT2D eigenvalue weighted by Crippen LogP contribution is -2.36. The Hall–Kier alpha value is -0.870. The molecule has 0 aliphatic carbocycles. The third kappa shape index (κ3) is 5.74. The molecular formula is C15H25NO2S. The molecule has 0 fully saturated rings. The molecule has 1 aromatic carbocycles. The first-order valence-electron chi connectivity index (χ1n) is 6.94. The van der Waals surface area contributed by atoms with Crippen LogP contribution in [0, 0.1) is 0 Å². The third-order valence-corrected chi connectivity index (χ3v) is 4.40. The smallest absolute Gasteiger partial charge is 0.147 e. The Labute approximate surface area is 117 Å². The van der Waals surface area contributed by atoms with Crippen LogP contribution in [0.3, 0.4) is 0 Å². The molecule has 0 aliphatic rings. The minimum atomic E-state index is -2.90. The van der Waals surface area contributed by atoms with E-state index in [1.54, 1.807) is 0 Å². The van der Waals surface area contributed by atoms with Gasteiger partial charge in [0.2, 0.25) is 0 Å². The highest BCUT2D eigenvalue weighted by atomic mass is 32.2. The van der Waals surface area contributed by atoms with Crippen molar-refractivity contribution in [2.24, 2.45) is 0 Å². The minimum Gasteiger partial charge on any atom is -0.314 e. The van der Waals surface area contributed by atoms with E-state index < -0.39 is 9.84 Å². The van der Waals surface area contributed by atoms with Gasteiger partial charge in [-0.2, -0.15) is 0 Å². The van der Waals surface area contributed by atoms with Crippen molar-refractivity contribution in [1.82, 2.24) is 5.32 Å². The molecular weight excluding hydrogens is 258 g/mol. The van der Waals surface area contributed by atoms with Crippen LogP contribution in [0.1, 0.15) is 38.2 Å². The zero-order valence-corrected chi connectivity index (χ0v) is 12.9. The zero-order chi connectivity index (χ0) is 14.3. The third-order valence-electron chi connectivity index (χ3n) is 3.42. The predicted octanol–water partition coefficient (Wildman–Crippen LogP) is 2.59. The van der Waals surface area contributed by atoms with Crippen molar-refractivity contribution in [2.75, 3.05) is 18.6 Å². The summed E-state index contributed by atoms with van der Waals surface area (Å²) in [6.07, 6.45) is 2.98. The first-order chi connectivity index (χ1) is 8.98. The predicted molar refractivity (Wildman–Crippen MR) is 81.3 cm³/mol. The molecule has 19 heavy (non-hydrogen) atoms. The molecule has 0 radical (unpaired) electrons. The van der Waals surface area contributed by atoms with E-state index in [1.165, 1.54) is 11.8 Å². The standard InChI is InChI=1S/C15H25NO2S/c1-4-14(13-9-7-6-8-10-13)15(16-5-2)11-12-19(3,17)18/h6-10,14-16H,4-5,11-12H2,1-3H3. The molecule has 0 aromatic heterocycles. The summed E-state index contributed by atoms with van der Waals surface area (Å²) in [6, 6.07) is 10.6. The van der Waals surface area contributed by atoms with Gasteiger partial charge in [0.1, 0.15) is 9.84 Å². The van der Waals surface area contributed by atoms with Gasteiger partial charge >= 0.3 is 0 Å². The summed E-state index contributed by atoms with van der Waals surface area (Å²) in [5, 5.41) is 3.44. The van der Waals surface area contributed by atoms with Crippen LogP contribution in [-0.4, -0.2) is 33.0 Å². The van der Waals surface area contributed by atoms with Crippen LogP contribution in [-0.2, 0) is 9.84 Å². The normalized spacial score (nSPS) is 15.1. The molecule has 0 amide bonds. The van der Waals surface area contributed by atoms with Crippen LogP contribution in [0.2, 0.25) is 0 Å². The molecule has 0 heterocycles. The summed E-state index contributed by atoms with van der Waals surface area (Å²) in [5.41, 5.74) is 1.28. The summed E-state index contributed by atoms with van der Waals surface area (Å²) < 4.78 is 22.7. The Morgan fingerprint density at radius 1 is 1.16 bits per heavy atom. The molecule has 1 aromatic rings. The number of nitrogens with one attached hydrogen (secondary N) is 1. The van der Waals surface area contributed by atoms with Gasteiger partial charge in [-0.1, -0.05) is 44.2 Å². The van der Waals surface area contributed by atoms with Crippen LogP contribution < -0.4 is 5.32 Å². The van der Waals surface area contributed by atoms with Gasteiger partial charge in [-0.15, -0.1) is 0 Å². The Kier molecular flexibility index (Phi) is 6.52. The van der Waals surface area contributed by atoms with Gasteiger partial charge in [0, 0.05) is 12.3 Å². The second-order valence-electron chi connectivity index (χ2n) is 5.01. The maximum Gasteiger partial charge on any atom is 0.147 e. The van der Waals surface area contributed by atoms with E-state index in [4.69, 9.17) is 0 Å². The fourth-order valence-electron chi connectivity index (χ4n) is 2.50. The molecule has 108 valence electrons. The quantitative estimate of drug-likeness (QED) is 0.797. The largest absolute Gasteiger partial charge is 0.314 e. The second kappa shape index (κ2) is 7.65.